The van der Waals surface area contributed by atoms with E-state index in [4.69, 9.17) is 9.47 Å². The molecule has 15 heavy (non-hydrogen) atoms. The van der Waals surface area contributed by atoms with Gasteiger partial charge in [-0.15, -0.1) is 0 Å². The zero-order valence-corrected chi connectivity index (χ0v) is 9.28. The minimum absolute atomic E-state index is 0.387. The molecule has 2 saturated carbocycles. The van der Waals surface area contributed by atoms with Crippen LogP contribution in [0, 0.1) is 11.8 Å². The van der Waals surface area contributed by atoms with E-state index >= 15 is 0 Å². The van der Waals surface area contributed by atoms with Crippen molar-refractivity contribution in [3.63, 3.8) is 0 Å². The Balaban J connectivity index is 1.42. The fraction of sp³-hybridized carbons (Fsp3) is 1.00. The minimum Gasteiger partial charge on any atom is -0.355 e. The highest BCUT2D eigenvalue weighted by atomic mass is 16.7. The largest absolute Gasteiger partial charge is 0.355 e. The van der Waals surface area contributed by atoms with Crippen molar-refractivity contribution in [3.05, 3.63) is 0 Å². The SMILES string of the molecule is C1CC(CNC2CC3CCC2C3)OCO1. The van der Waals surface area contributed by atoms with Gasteiger partial charge in [0, 0.05) is 12.6 Å². The summed E-state index contributed by atoms with van der Waals surface area (Å²) in [5.41, 5.74) is 0. The molecule has 1 aliphatic heterocycles. The van der Waals surface area contributed by atoms with Gasteiger partial charge in [0.05, 0.1) is 12.7 Å². The Bertz CT molecular complexity index is 216. The Morgan fingerprint density at radius 2 is 2.13 bits per heavy atom. The standard InChI is InChI=1S/C12H21NO2/c1-2-10-5-9(1)6-12(10)13-7-11-3-4-14-8-15-11/h9-13H,1-8H2. The first-order chi connectivity index (χ1) is 7.42. The first-order valence-electron chi connectivity index (χ1n) is 6.34. The van der Waals surface area contributed by atoms with Crippen molar-refractivity contribution in [2.45, 2.75) is 44.2 Å². The first kappa shape index (κ1) is 10.1. The van der Waals surface area contributed by atoms with Crippen LogP contribution in [0.4, 0.5) is 0 Å². The molecule has 0 spiro atoms. The molecule has 0 radical (unpaired) electrons. The molecule has 2 aliphatic carbocycles. The number of hydrogen-bond acceptors (Lipinski definition) is 3. The van der Waals surface area contributed by atoms with Crippen molar-refractivity contribution in [2.75, 3.05) is 19.9 Å². The average molecular weight is 211 g/mol. The Hall–Kier alpha value is -0.120. The Morgan fingerprint density at radius 3 is 2.80 bits per heavy atom. The van der Waals surface area contributed by atoms with Crippen LogP contribution in [0.3, 0.4) is 0 Å². The van der Waals surface area contributed by atoms with Crippen LogP contribution in [0.1, 0.15) is 32.1 Å². The molecule has 3 aliphatic rings. The lowest BCUT2D eigenvalue weighted by Gasteiger charge is -2.28. The molecule has 1 saturated heterocycles. The van der Waals surface area contributed by atoms with E-state index in [0.717, 1.165) is 37.5 Å². The fourth-order valence-corrected chi connectivity index (χ4v) is 3.44. The van der Waals surface area contributed by atoms with Gasteiger partial charge >= 0.3 is 0 Å². The van der Waals surface area contributed by atoms with Gasteiger partial charge < -0.3 is 14.8 Å². The van der Waals surface area contributed by atoms with Crippen LogP contribution in [0.2, 0.25) is 0 Å². The van der Waals surface area contributed by atoms with Crippen LogP contribution < -0.4 is 5.32 Å². The highest BCUT2D eigenvalue weighted by Gasteiger charge is 2.39. The molecular weight excluding hydrogens is 190 g/mol. The number of nitrogens with one attached hydrogen (secondary N) is 1. The van der Waals surface area contributed by atoms with E-state index in [1.807, 2.05) is 0 Å². The zero-order valence-electron chi connectivity index (χ0n) is 9.28. The summed E-state index contributed by atoms with van der Waals surface area (Å²) in [6, 6.07) is 0.787. The molecule has 2 bridgehead atoms. The molecule has 1 N–H and O–H groups in total. The molecule has 0 aromatic rings. The summed E-state index contributed by atoms with van der Waals surface area (Å²) in [4.78, 5) is 0. The zero-order chi connectivity index (χ0) is 10.1. The fourth-order valence-electron chi connectivity index (χ4n) is 3.44. The summed E-state index contributed by atoms with van der Waals surface area (Å²) >= 11 is 0. The van der Waals surface area contributed by atoms with Crippen LogP contribution in [0.15, 0.2) is 0 Å². The number of fused-ring (bicyclic) bond motifs is 2. The average Bonchev–Trinajstić information content (AvgIpc) is 2.89. The van der Waals surface area contributed by atoms with Gasteiger partial charge in [0.15, 0.2) is 0 Å². The van der Waals surface area contributed by atoms with Gasteiger partial charge in [-0.2, -0.15) is 0 Å². The molecule has 3 nitrogen and oxygen atoms in total. The second-order valence-electron chi connectivity index (χ2n) is 5.29. The quantitative estimate of drug-likeness (QED) is 0.768. The minimum atomic E-state index is 0.387. The molecule has 3 fully saturated rings. The summed E-state index contributed by atoms with van der Waals surface area (Å²) in [7, 11) is 0. The van der Waals surface area contributed by atoms with Gasteiger partial charge in [-0.1, -0.05) is 6.42 Å². The van der Waals surface area contributed by atoms with Crippen LogP contribution in [0.5, 0.6) is 0 Å². The van der Waals surface area contributed by atoms with Crippen LogP contribution in [-0.4, -0.2) is 32.1 Å². The molecule has 4 atom stereocenters. The van der Waals surface area contributed by atoms with Gasteiger partial charge in [0.2, 0.25) is 0 Å². The number of hydrogen-bond donors (Lipinski definition) is 1. The first-order valence-corrected chi connectivity index (χ1v) is 6.34. The third-order valence-corrected chi connectivity index (χ3v) is 4.32. The Kier molecular flexibility index (Phi) is 2.95. The summed E-state index contributed by atoms with van der Waals surface area (Å²) in [6.07, 6.45) is 7.26. The van der Waals surface area contributed by atoms with E-state index in [9.17, 15) is 0 Å². The van der Waals surface area contributed by atoms with Gasteiger partial charge in [0.25, 0.3) is 0 Å². The Labute approximate surface area is 91.5 Å². The van der Waals surface area contributed by atoms with Crippen molar-refractivity contribution in [3.8, 4) is 0 Å². The highest BCUT2D eigenvalue weighted by Crippen LogP contribution is 2.44. The summed E-state index contributed by atoms with van der Waals surface area (Å²) < 4.78 is 10.7. The summed E-state index contributed by atoms with van der Waals surface area (Å²) in [5, 5.41) is 3.70. The lowest BCUT2D eigenvalue weighted by molar-refractivity contribution is -0.137. The molecule has 1 heterocycles. The third kappa shape index (κ3) is 2.19. The molecule has 4 unspecified atom stereocenters. The Morgan fingerprint density at radius 1 is 1.13 bits per heavy atom. The summed E-state index contributed by atoms with van der Waals surface area (Å²) in [5.74, 6) is 2.00. The molecule has 3 rings (SSSR count). The van der Waals surface area contributed by atoms with Crippen LogP contribution >= 0.6 is 0 Å². The second kappa shape index (κ2) is 4.40. The highest BCUT2D eigenvalue weighted by molar-refractivity contribution is 4.94. The maximum absolute atomic E-state index is 5.53. The van der Waals surface area contributed by atoms with Crippen molar-refractivity contribution in [1.29, 1.82) is 0 Å². The van der Waals surface area contributed by atoms with Crippen LogP contribution in [0.25, 0.3) is 0 Å². The number of rotatable bonds is 3. The molecule has 0 amide bonds. The molecule has 0 aromatic carbocycles. The van der Waals surface area contributed by atoms with Gasteiger partial charge in [-0.3, -0.25) is 0 Å². The molecule has 0 aromatic heterocycles. The maximum atomic E-state index is 5.53. The van der Waals surface area contributed by atoms with E-state index < -0.39 is 0 Å². The lowest BCUT2D eigenvalue weighted by Crippen LogP contribution is -2.41. The van der Waals surface area contributed by atoms with E-state index in [2.05, 4.69) is 5.32 Å². The second-order valence-corrected chi connectivity index (χ2v) is 5.29. The van der Waals surface area contributed by atoms with E-state index in [1.165, 1.54) is 25.7 Å². The van der Waals surface area contributed by atoms with Gasteiger partial charge in [-0.25, -0.2) is 0 Å². The smallest absolute Gasteiger partial charge is 0.147 e. The topological polar surface area (TPSA) is 30.5 Å². The third-order valence-electron chi connectivity index (χ3n) is 4.32. The summed E-state index contributed by atoms with van der Waals surface area (Å²) in [6.45, 7) is 2.38. The van der Waals surface area contributed by atoms with Gasteiger partial charge in [0.1, 0.15) is 6.79 Å². The predicted molar refractivity (Wildman–Crippen MR) is 57.5 cm³/mol. The molecule has 86 valence electrons. The van der Waals surface area contributed by atoms with Crippen molar-refractivity contribution >= 4 is 0 Å². The van der Waals surface area contributed by atoms with Gasteiger partial charge in [-0.05, 0) is 37.5 Å². The van der Waals surface area contributed by atoms with Crippen molar-refractivity contribution in [2.24, 2.45) is 11.8 Å². The van der Waals surface area contributed by atoms with Crippen molar-refractivity contribution in [1.82, 2.24) is 5.32 Å². The normalized spacial score (nSPS) is 44.8. The van der Waals surface area contributed by atoms with E-state index in [-0.39, 0.29) is 0 Å². The van der Waals surface area contributed by atoms with E-state index in [1.54, 1.807) is 0 Å². The van der Waals surface area contributed by atoms with Crippen LogP contribution in [-0.2, 0) is 9.47 Å². The number of ether oxygens (including phenoxy) is 2. The maximum Gasteiger partial charge on any atom is 0.147 e. The lowest BCUT2D eigenvalue weighted by atomic mass is 9.95. The molecular formula is C12H21NO2. The molecule has 3 heteroatoms. The van der Waals surface area contributed by atoms with E-state index in [0.29, 0.717) is 12.9 Å². The van der Waals surface area contributed by atoms with Crippen molar-refractivity contribution < 1.29 is 9.47 Å². The monoisotopic (exact) mass is 211 g/mol. The predicted octanol–water partition coefficient (Wildman–Crippen LogP) is 1.53.